The van der Waals surface area contributed by atoms with E-state index in [1.54, 1.807) is 0 Å². The van der Waals surface area contributed by atoms with E-state index in [-0.39, 0.29) is 18.2 Å². The van der Waals surface area contributed by atoms with Gasteiger partial charge in [-0.1, -0.05) is 25.6 Å². The van der Waals surface area contributed by atoms with Crippen molar-refractivity contribution in [2.24, 2.45) is 17.6 Å². The molecule has 2 N–H and O–H groups in total. The first-order chi connectivity index (χ1) is 10.3. The van der Waals surface area contributed by atoms with Crippen molar-refractivity contribution in [1.29, 1.82) is 0 Å². The minimum Gasteiger partial charge on any atom is -0.369 e. The van der Waals surface area contributed by atoms with E-state index in [4.69, 9.17) is 5.73 Å². The van der Waals surface area contributed by atoms with Crippen LogP contribution in [0.5, 0.6) is 0 Å². The van der Waals surface area contributed by atoms with E-state index in [1.807, 2.05) is 11.8 Å². The molecule has 0 radical (unpaired) electrons. The predicted molar refractivity (Wildman–Crippen MR) is 90.0 cm³/mol. The van der Waals surface area contributed by atoms with Crippen LogP contribution < -0.4 is 5.73 Å². The van der Waals surface area contributed by atoms with E-state index in [2.05, 4.69) is 18.8 Å². The molecule has 1 saturated heterocycles. The van der Waals surface area contributed by atoms with Gasteiger partial charge in [-0.3, -0.25) is 9.59 Å². The predicted octanol–water partition coefficient (Wildman–Crippen LogP) is 2.08. The Morgan fingerprint density at radius 1 is 1.36 bits per heavy atom. The van der Waals surface area contributed by atoms with Gasteiger partial charge in [0.2, 0.25) is 11.8 Å². The molecule has 0 spiro atoms. The number of nitrogens with zero attached hydrogens (tertiary/aromatic N) is 2. The Kier molecular flexibility index (Phi) is 5.86. The number of carbonyl (C=O) groups excluding carboxylic acids is 2. The van der Waals surface area contributed by atoms with Crippen LogP contribution in [0.1, 0.15) is 30.8 Å². The number of likely N-dealkylation sites (tertiary alicyclic amines) is 1. The van der Waals surface area contributed by atoms with Crippen molar-refractivity contribution in [3.8, 4) is 0 Å². The maximum atomic E-state index is 12.3. The largest absolute Gasteiger partial charge is 0.369 e. The molecule has 1 aromatic heterocycles. The van der Waals surface area contributed by atoms with Crippen molar-refractivity contribution in [2.45, 2.75) is 38.0 Å². The number of thiazole rings is 1. The second-order valence-electron chi connectivity index (χ2n) is 6.16. The van der Waals surface area contributed by atoms with Crippen LogP contribution in [0.2, 0.25) is 0 Å². The van der Waals surface area contributed by atoms with E-state index >= 15 is 0 Å². The fourth-order valence-corrected chi connectivity index (χ4v) is 5.01. The third-order valence-corrected chi connectivity index (χ3v) is 6.03. The van der Waals surface area contributed by atoms with Gasteiger partial charge in [-0.2, -0.15) is 0 Å². The molecule has 2 amide bonds. The lowest BCUT2D eigenvalue weighted by Gasteiger charge is -2.34. The minimum atomic E-state index is -0.351. The molecule has 1 aromatic rings. The van der Waals surface area contributed by atoms with E-state index in [0.717, 1.165) is 28.0 Å². The van der Waals surface area contributed by atoms with Crippen molar-refractivity contribution in [2.75, 3.05) is 18.8 Å². The molecule has 22 heavy (non-hydrogen) atoms. The first kappa shape index (κ1) is 17.3. The first-order valence-electron chi connectivity index (χ1n) is 7.50. The maximum absolute atomic E-state index is 12.3. The summed E-state index contributed by atoms with van der Waals surface area (Å²) in [6.07, 6.45) is 1.41. The van der Waals surface area contributed by atoms with Crippen molar-refractivity contribution in [3.05, 3.63) is 10.6 Å². The number of nitrogens with two attached hydrogens (primary N) is 1. The van der Waals surface area contributed by atoms with Gasteiger partial charge in [0.15, 0.2) is 4.34 Å². The number of rotatable bonds is 5. The van der Waals surface area contributed by atoms with E-state index < -0.39 is 0 Å². The molecule has 2 atom stereocenters. The molecule has 122 valence electrons. The molecule has 1 aliphatic heterocycles. The summed E-state index contributed by atoms with van der Waals surface area (Å²) in [7, 11) is 0. The van der Waals surface area contributed by atoms with Gasteiger partial charge in [-0.15, -0.1) is 11.3 Å². The molecular weight excluding hydrogens is 318 g/mol. The lowest BCUT2D eigenvalue weighted by molar-refractivity contribution is -0.131. The first-order valence-corrected chi connectivity index (χ1v) is 9.30. The van der Waals surface area contributed by atoms with Gasteiger partial charge in [0.1, 0.15) is 0 Å². The molecule has 0 unspecified atom stereocenters. The maximum Gasteiger partial charge on any atom is 0.233 e. The molecule has 0 bridgehead atoms. The Morgan fingerprint density at radius 3 is 2.59 bits per heavy atom. The average molecular weight is 342 g/mol. The van der Waals surface area contributed by atoms with Crippen molar-refractivity contribution >= 4 is 34.9 Å². The lowest BCUT2D eigenvalue weighted by Crippen LogP contribution is -2.43. The van der Waals surface area contributed by atoms with Gasteiger partial charge in [0, 0.05) is 18.0 Å². The summed E-state index contributed by atoms with van der Waals surface area (Å²) >= 11 is 2.91. The SMILES string of the molecule is Cc1nc(SCC(=O)N2C[C@H](C)C[C@H](C)C2)sc1CC(N)=O. The number of aryl methyl sites for hydroxylation is 1. The zero-order valence-corrected chi connectivity index (χ0v) is 14.9. The Labute approximate surface area is 139 Å². The minimum absolute atomic E-state index is 0.174. The monoisotopic (exact) mass is 341 g/mol. The molecule has 2 heterocycles. The third-order valence-electron chi connectivity index (χ3n) is 3.75. The molecule has 7 heteroatoms. The number of hydrogen-bond donors (Lipinski definition) is 1. The zero-order chi connectivity index (χ0) is 16.3. The molecule has 1 aliphatic rings. The molecule has 5 nitrogen and oxygen atoms in total. The smallest absolute Gasteiger partial charge is 0.233 e. The van der Waals surface area contributed by atoms with Crippen LogP contribution in [0.25, 0.3) is 0 Å². The highest BCUT2D eigenvalue weighted by molar-refractivity contribution is 8.01. The highest BCUT2D eigenvalue weighted by Crippen LogP contribution is 2.28. The summed E-state index contributed by atoms with van der Waals surface area (Å²) in [4.78, 5) is 30.6. The highest BCUT2D eigenvalue weighted by atomic mass is 32.2. The summed E-state index contributed by atoms with van der Waals surface area (Å²) in [6, 6.07) is 0. The molecule has 2 rings (SSSR count). The second kappa shape index (κ2) is 7.46. The van der Waals surface area contributed by atoms with E-state index in [9.17, 15) is 9.59 Å². The van der Waals surface area contributed by atoms with Crippen LogP contribution in [0.15, 0.2) is 4.34 Å². The van der Waals surface area contributed by atoms with Gasteiger partial charge >= 0.3 is 0 Å². The summed E-state index contributed by atoms with van der Waals surface area (Å²) in [5.41, 5.74) is 6.05. The van der Waals surface area contributed by atoms with Crippen LogP contribution in [0, 0.1) is 18.8 Å². The molecular formula is C15H23N3O2S2. The van der Waals surface area contributed by atoms with Gasteiger partial charge in [0.25, 0.3) is 0 Å². The highest BCUT2D eigenvalue weighted by Gasteiger charge is 2.25. The summed E-state index contributed by atoms with van der Waals surface area (Å²) in [5, 5.41) is 0. The second-order valence-corrected chi connectivity index (χ2v) is 8.47. The van der Waals surface area contributed by atoms with E-state index in [0.29, 0.717) is 17.6 Å². The fourth-order valence-electron chi connectivity index (χ4n) is 2.87. The standard InChI is InChI=1S/C15H23N3O2S2/c1-9-4-10(2)7-18(6-9)14(20)8-21-15-17-11(3)12(22-15)5-13(16)19/h9-10H,4-8H2,1-3H3,(H2,16,19)/t9-,10+. The lowest BCUT2D eigenvalue weighted by atomic mass is 9.92. The van der Waals surface area contributed by atoms with Crippen LogP contribution in [0.4, 0.5) is 0 Å². The van der Waals surface area contributed by atoms with Crippen molar-refractivity contribution in [3.63, 3.8) is 0 Å². The summed E-state index contributed by atoms with van der Waals surface area (Å²) < 4.78 is 0.834. The number of primary amides is 1. The number of aromatic nitrogens is 1. The topological polar surface area (TPSA) is 76.3 Å². The van der Waals surface area contributed by atoms with E-state index in [1.165, 1.54) is 29.5 Å². The zero-order valence-electron chi connectivity index (χ0n) is 13.3. The van der Waals surface area contributed by atoms with Crippen LogP contribution in [-0.4, -0.2) is 40.5 Å². The molecule has 1 fully saturated rings. The quantitative estimate of drug-likeness (QED) is 0.832. The van der Waals surface area contributed by atoms with Crippen molar-refractivity contribution in [1.82, 2.24) is 9.88 Å². The molecule has 0 saturated carbocycles. The molecule has 0 aromatic carbocycles. The average Bonchev–Trinajstić information content (AvgIpc) is 2.74. The van der Waals surface area contributed by atoms with Crippen molar-refractivity contribution < 1.29 is 9.59 Å². The Bertz CT molecular complexity index is 549. The normalized spacial score (nSPS) is 21.9. The number of amides is 2. The number of carbonyl (C=O) groups is 2. The van der Waals surface area contributed by atoms with Crippen LogP contribution in [0.3, 0.4) is 0 Å². The Morgan fingerprint density at radius 2 is 2.00 bits per heavy atom. The van der Waals surface area contributed by atoms with Crippen LogP contribution in [-0.2, 0) is 16.0 Å². The van der Waals surface area contributed by atoms with Gasteiger partial charge in [0.05, 0.1) is 17.9 Å². The van der Waals surface area contributed by atoms with Gasteiger partial charge < -0.3 is 10.6 Å². The van der Waals surface area contributed by atoms with Gasteiger partial charge in [-0.05, 0) is 25.2 Å². The third kappa shape index (κ3) is 4.71. The summed E-state index contributed by atoms with van der Waals surface area (Å²) in [5.74, 6) is 1.37. The number of hydrogen-bond acceptors (Lipinski definition) is 5. The van der Waals surface area contributed by atoms with Gasteiger partial charge in [-0.25, -0.2) is 4.98 Å². The number of thioether (sulfide) groups is 1. The fraction of sp³-hybridized carbons (Fsp3) is 0.667. The number of piperidine rings is 1. The Hall–Kier alpha value is -1.08. The summed E-state index contributed by atoms with van der Waals surface area (Å²) in [6.45, 7) is 7.97. The van der Waals surface area contributed by atoms with Crippen LogP contribution >= 0.6 is 23.1 Å². The Balaban J connectivity index is 1.89. The molecule has 0 aliphatic carbocycles.